The summed E-state index contributed by atoms with van der Waals surface area (Å²) in [5, 5.41) is 68.5. The van der Waals surface area contributed by atoms with Gasteiger partial charge in [-0.05, 0) is 405 Å². The van der Waals surface area contributed by atoms with Gasteiger partial charge in [-0.25, -0.2) is 29.9 Å². The Bertz CT molecular complexity index is 6220. The first kappa shape index (κ1) is 97.9. The number of aromatic amines is 6. The van der Waals surface area contributed by atoms with Crippen molar-refractivity contribution in [1.29, 1.82) is 0 Å². The molecule has 664 valence electrons. The standard InChI is InChI=1S/3C34H38N4O4.2Gd/c3*1-7-21-17(3)25-13-26-19(5)23(9-11-33(39)40)31(37-26)16-32-24(10-12-34(41)42)20(6)28(38-32)15-30-22(8-2)18(4)27(36-30)14-29(21)35-25;;/h3*13-16,35-36H,7-12H2,1-6H3,(H,39,40)(H,41,42);;/q;;;2*+3/p-6. The summed E-state index contributed by atoms with van der Waals surface area (Å²) in [4.78, 5) is 120. The molecule has 0 saturated heterocycles. The first-order chi connectivity index (χ1) is 60.0. The number of aryl methyl sites for hydroxylation is 12. The van der Waals surface area contributed by atoms with E-state index in [2.05, 4.69) is 131 Å². The van der Waals surface area contributed by atoms with Crippen LogP contribution in [0.25, 0.3) is 133 Å². The topological polar surface area (TPSA) is 413 Å². The van der Waals surface area contributed by atoms with Gasteiger partial charge in [0.2, 0.25) is 0 Å². The molecule has 9 aromatic heterocycles. The average Bonchev–Trinajstić information content (AvgIpc) is 1.62. The van der Waals surface area contributed by atoms with Crippen LogP contribution in [0.1, 0.15) is 295 Å². The van der Waals surface area contributed by atoms with E-state index in [1.54, 1.807) is 0 Å². The minimum absolute atomic E-state index is 0. The van der Waals surface area contributed by atoms with E-state index in [1.165, 1.54) is 50.1 Å². The second-order valence-corrected chi connectivity index (χ2v) is 33.3. The van der Waals surface area contributed by atoms with Gasteiger partial charge in [0.15, 0.2) is 0 Å². The Morgan fingerprint density at radius 3 is 0.484 bits per heavy atom. The number of carbonyl (C=O) groups is 6. The van der Waals surface area contributed by atoms with Crippen molar-refractivity contribution in [1.82, 2.24) is 59.8 Å². The molecule has 6 aliphatic heterocycles. The Labute approximate surface area is 808 Å². The Morgan fingerprint density at radius 1 is 0.211 bits per heavy atom. The van der Waals surface area contributed by atoms with Crippen LogP contribution in [0, 0.1) is 121 Å². The van der Waals surface area contributed by atoms with Gasteiger partial charge in [0.05, 0.1) is 68.3 Å². The number of carbonyl (C=O) groups excluding carboxylic acids is 6. The van der Waals surface area contributed by atoms with Gasteiger partial charge in [-0.15, -0.1) is 0 Å². The number of allylic oxidation sites excluding steroid dienone is 12. The van der Waals surface area contributed by atoms with Crippen LogP contribution in [0.3, 0.4) is 0 Å². The van der Waals surface area contributed by atoms with Crippen molar-refractivity contribution < 1.29 is 139 Å². The van der Waals surface area contributed by atoms with Gasteiger partial charge in [-0.1, -0.05) is 41.5 Å². The summed E-state index contributed by atoms with van der Waals surface area (Å²) in [5.41, 5.74) is 44.8. The van der Waals surface area contributed by atoms with E-state index in [4.69, 9.17) is 29.9 Å². The largest absolute Gasteiger partial charge is 3.00 e. The average molecular weight is 2010 g/mol. The van der Waals surface area contributed by atoms with Gasteiger partial charge < -0.3 is 89.3 Å². The first-order valence-electron chi connectivity index (χ1n) is 43.7. The Kier molecular flexibility index (Phi) is 31.6. The maximum Gasteiger partial charge on any atom is 3.00 e. The van der Waals surface area contributed by atoms with Gasteiger partial charge >= 0.3 is 79.9 Å². The van der Waals surface area contributed by atoms with Crippen molar-refractivity contribution in [3.05, 3.63) is 208 Å². The summed E-state index contributed by atoms with van der Waals surface area (Å²) < 4.78 is 0. The number of hydrogen-bond acceptors (Lipinski definition) is 18. The third-order valence-electron chi connectivity index (χ3n) is 26.0. The van der Waals surface area contributed by atoms with Crippen molar-refractivity contribution in [2.24, 2.45) is 0 Å². The van der Waals surface area contributed by atoms with Crippen molar-refractivity contribution in [3.63, 3.8) is 0 Å². The molecule has 0 aliphatic carbocycles. The third kappa shape index (κ3) is 20.5. The smallest absolute Gasteiger partial charge is 0.550 e. The van der Waals surface area contributed by atoms with E-state index < -0.39 is 35.8 Å². The maximum absolute atomic E-state index is 11.4. The molecule has 0 unspecified atom stereocenters. The molecule has 24 nitrogen and oxygen atoms in total. The molecule has 128 heavy (non-hydrogen) atoms. The van der Waals surface area contributed by atoms with Crippen LogP contribution < -0.4 is 30.6 Å². The molecule has 0 spiro atoms. The fourth-order valence-electron chi connectivity index (χ4n) is 18.6. The van der Waals surface area contributed by atoms with Crippen molar-refractivity contribution in [2.75, 3.05) is 0 Å². The van der Waals surface area contributed by atoms with E-state index in [1.807, 2.05) is 96.1 Å². The summed E-state index contributed by atoms with van der Waals surface area (Å²) in [5.74, 6) is -6.75. The molecule has 24 bridgehead atoms. The molecule has 0 aromatic carbocycles. The molecule has 2 radical (unpaired) electrons. The van der Waals surface area contributed by atoms with Gasteiger partial charge in [-0.2, -0.15) is 0 Å². The monoisotopic (exact) mass is 2010 g/mol. The van der Waals surface area contributed by atoms with Crippen LogP contribution >= 0.6 is 0 Å². The van der Waals surface area contributed by atoms with Gasteiger partial charge in [-0.3, -0.25) is 0 Å². The molecule has 0 saturated carbocycles. The fraction of sp³-hybridized carbons (Fsp3) is 0.353. The number of rotatable bonds is 24. The SMILES string of the molecule is CCc1c(C)c2cc3[nH]c(cc4nc(cc5nc(cc1[nH]2)C(C)=C5CCC(=O)[O-])C(CCC(=O)[O-])=C4C)c(C)c3CC.CCc1c(C)c2cc3[nH]c(cc4nc(cc5nc(cc1[nH]2)C(C)=C5CCC(=O)[O-])C(CCC(=O)[O-])=C4C)c(C)c3CC.CCc1c(C)c2cc3[nH]c(cc4nc(cc5nc(cc1[nH]2)C(C)=C5CCC(=O)[O-])C(CCC(=O)[O-])=C4C)c(C)c3CC.[Gd+3].[Gd+3]. The summed E-state index contributed by atoms with van der Waals surface area (Å²) in [7, 11) is 0. The molecule has 0 fully saturated rings. The zero-order chi connectivity index (χ0) is 90.9. The first-order valence-corrected chi connectivity index (χ1v) is 43.7. The summed E-state index contributed by atoms with van der Waals surface area (Å²) >= 11 is 0. The van der Waals surface area contributed by atoms with Crippen LogP contribution in [0.15, 0.2) is 72.8 Å². The molecule has 6 N–H and O–H groups in total. The Hall–Kier alpha value is -10.7. The Morgan fingerprint density at radius 2 is 0.344 bits per heavy atom. The summed E-state index contributed by atoms with van der Waals surface area (Å²) in [6.07, 6.45) is 5.88. The molecular weight excluding hydrogens is 1900 g/mol. The Balaban J connectivity index is 0.000000185. The number of nitrogens with one attached hydrogen (secondary N) is 6. The summed E-state index contributed by atoms with van der Waals surface area (Å²) in [6, 6.07) is 24.3. The number of nitrogens with zero attached hydrogens (tertiary/aromatic N) is 6. The van der Waals surface area contributed by atoms with Crippen molar-refractivity contribution in [3.8, 4) is 0 Å². The zero-order valence-electron chi connectivity index (χ0n) is 75.9. The van der Waals surface area contributed by atoms with Crippen LogP contribution in [0.2, 0.25) is 0 Å². The zero-order valence-corrected chi connectivity index (χ0v) is 80.5. The van der Waals surface area contributed by atoms with Gasteiger partial charge in [0.25, 0.3) is 0 Å². The number of carboxylic acid groups (broad SMARTS) is 6. The van der Waals surface area contributed by atoms with Gasteiger partial charge in [0, 0.05) is 102 Å². The predicted molar refractivity (Wildman–Crippen MR) is 488 cm³/mol. The molecule has 0 atom stereocenters. The number of fused-ring (bicyclic) bond motifs is 24. The van der Waals surface area contributed by atoms with E-state index in [0.717, 1.165) is 222 Å². The van der Waals surface area contributed by atoms with E-state index in [9.17, 15) is 59.4 Å². The summed E-state index contributed by atoms with van der Waals surface area (Å²) in [6.45, 7) is 37.3. The second-order valence-electron chi connectivity index (χ2n) is 33.3. The van der Waals surface area contributed by atoms with Crippen molar-refractivity contribution in [2.45, 2.75) is 240 Å². The molecule has 15 heterocycles. The van der Waals surface area contributed by atoms with Crippen LogP contribution in [-0.2, 0) is 67.3 Å². The number of carboxylic acids is 6. The molecule has 15 rings (SSSR count). The van der Waals surface area contributed by atoms with Crippen LogP contribution in [-0.4, -0.2) is 95.6 Å². The number of aromatic nitrogens is 12. The maximum atomic E-state index is 11.4. The van der Waals surface area contributed by atoms with Crippen LogP contribution in [0.4, 0.5) is 0 Å². The molecular formula is C102H108Gd2N12O12. The quantitative estimate of drug-likeness (QED) is 0.0327. The van der Waals surface area contributed by atoms with Crippen LogP contribution in [0.5, 0.6) is 0 Å². The van der Waals surface area contributed by atoms with Crippen molar-refractivity contribution >= 4 is 169 Å². The third-order valence-corrected chi connectivity index (χ3v) is 26.0. The number of H-pyrrole nitrogens is 6. The van der Waals surface area contributed by atoms with E-state index in [0.29, 0.717) is 34.2 Å². The molecule has 9 aromatic rings. The van der Waals surface area contributed by atoms with E-state index >= 15 is 0 Å². The molecule has 26 heteroatoms. The van der Waals surface area contributed by atoms with Gasteiger partial charge in [0.1, 0.15) is 0 Å². The minimum atomic E-state index is -1.13. The van der Waals surface area contributed by atoms with E-state index in [-0.39, 0.29) is 157 Å². The normalized spacial score (nSPS) is 13.1. The molecule has 6 aliphatic rings. The number of aliphatic carboxylic acids is 6. The second kappa shape index (κ2) is 41.4. The predicted octanol–water partition coefficient (Wildman–Crippen LogP) is 14.9. The fourth-order valence-corrected chi connectivity index (χ4v) is 18.6. The minimum Gasteiger partial charge on any atom is -0.550 e. The number of hydrogen-bond donors (Lipinski definition) is 6. The molecule has 0 amide bonds.